The molecule has 4 aromatic rings. The second-order valence-corrected chi connectivity index (χ2v) is 8.96. The number of carbonyl (C=O) groups excluding carboxylic acids is 1. The highest BCUT2D eigenvalue weighted by Gasteiger charge is 2.29. The van der Waals surface area contributed by atoms with Gasteiger partial charge in [-0.3, -0.25) is 4.79 Å². The number of carbonyl (C=O) groups is 2. The van der Waals surface area contributed by atoms with Crippen LogP contribution in [0.25, 0.3) is 11.1 Å². The number of fused-ring (bicyclic) bond motifs is 3. The van der Waals surface area contributed by atoms with Gasteiger partial charge in [-0.2, -0.15) is 0 Å². The predicted octanol–water partition coefficient (Wildman–Crippen LogP) is 6.32. The van der Waals surface area contributed by atoms with E-state index in [0.717, 1.165) is 27.8 Å². The van der Waals surface area contributed by atoms with Crippen molar-refractivity contribution in [1.29, 1.82) is 0 Å². The van der Waals surface area contributed by atoms with Crippen LogP contribution >= 0.6 is 0 Å². The SMILES string of the molecule is O=C(O)C[C@@H](NC(=O)OCC1c2ccccc2-c2ccccc21)c1ccc(OCc2ccccc2)cc1. The fourth-order valence-corrected chi connectivity index (χ4v) is 4.75. The molecule has 5 rings (SSSR count). The van der Waals surface area contributed by atoms with Gasteiger partial charge in [0.15, 0.2) is 0 Å². The Morgan fingerprint density at radius 3 is 2.00 bits per heavy atom. The Hall–Kier alpha value is -4.58. The molecule has 0 bridgehead atoms. The van der Waals surface area contributed by atoms with Gasteiger partial charge in [0.05, 0.1) is 12.5 Å². The number of carboxylic acid groups (broad SMARTS) is 1. The van der Waals surface area contributed by atoms with Crippen LogP contribution in [-0.2, 0) is 16.1 Å². The molecule has 1 aliphatic rings. The molecule has 0 aromatic heterocycles. The maximum atomic E-state index is 12.8. The average molecular weight is 494 g/mol. The number of rotatable bonds is 9. The lowest BCUT2D eigenvalue weighted by Crippen LogP contribution is -2.31. The maximum Gasteiger partial charge on any atom is 0.407 e. The zero-order chi connectivity index (χ0) is 25.6. The monoisotopic (exact) mass is 493 g/mol. The molecule has 0 heterocycles. The van der Waals surface area contributed by atoms with E-state index in [0.29, 0.717) is 17.9 Å². The number of ether oxygens (including phenoxy) is 2. The van der Waals surface area contributed by atoms with Crippen LogP contribution in [0.15, 0.2) is 103 Å². The van der Waals surface area contributed by atoms with Crippen LogP contribution in [0.2, 0.25) is 0 Å². The first-order valence-corrected chi connectivity index (χ1v) is 12.2. The van der Waals surface area contributed by atoms with Gasteiger partial charge in [0.25, 0.3) is 0 Å². The van der Waals surface area contributed by atoms with Gasteiger partial charge in [0, 0.05) is 5.92 Å². The van der Waals surface area contributed by atoms with Crippen molar-refractivity contribution in [3.8, 4) is 16.9 Å². The number of carboxylic acids is 1. The Kier molecular flexibility index (Phi) is 7.17. The van der Waals surface area contributed by atoms with E-state index in [1.54, 1.807) is 24.3 Å². The number of alkyl carbamates (subject to hydrolysis) is 1. The Morgan fingerprint density at radius 2 is 1.38 bits per heavy atom. The second-order valence-electron chi connectivity index (χ2n) is 8.96. The highest BCUT2D eigenvalue weighted by atomic mass is 16.5. The molecule has 0 saturated heterocycles. The number of nitrogens with one attached hydrogen (secondary N) is 1. The van der Waals surface area contributed by atoms with E-state index < -0.39 is 18.1 Å². The Balaban J connectivity index is 1.23. The first-order valence-electron chi connectivity index (χ1n) is 12.2. The van der Waals surface area contributed by atoms with Crippen LogP contribution < -0.4 is 10.1 Å². The van der Waals surface area contributed by atoms with Crippen LogP contribution in [0.4, 0.5) is 4.79 Å². The van der Waals surface area contributed by atoms with E-state index in [9.17, 15) is 14.7 Å². The quantitative estimate of drug-likeness (QED) is 0.285. The predicted molar refractivity (Wildman–Crippen MR) is 140 cm³/mol. The fourth-order valence-electron chi connectivity index (χ4n) is 4.75. The summed E-state index contributed by atoms with van der Waals surface area (Å²) in [6.07, 6.45) is -0.925. The zero-order valence-corrected chi connectivity index (χ0v) is 20.2. The minimum atomic E-state index is -1.02. The molecular weight excluding hydrogens is 466 g/mol. The molecule has 0 fully saturated rings. The van der Waals surface area contributed by atoms with E-state index >= 15 is 0 Å². The van der Waals surface area contributed by atoms with Crippen molar-refractivity contribution in [1.82, 2.24) is 5.32 Å². The summed E-state index contributed by atoms with van der Waals surface area (Å²) < 4.78 is 11.4. The lowest BCUT2D eigenvalue weighted by atomic mass is 9.98. The second kappa shape index (κ2) is 11.0. The van der Waals surface area contributed by atoms with Crippen molar-refractivity contribution in [3.05, 3.63) is 125 Å². The standard InChI is InChI=1S/C31H27NO5/c33-30(34)18-29(22-14-16-23(17-15-22)36-19-21-8-2-1-3-9-21)32-31(35)37-20-28-26-12-6-4-10-24(26)25-11-5-7-13-27(25)28/h1-17,28-29H,18-20H2,(H,32,35)(H,33,34)/t29-/m1/s1. The summed E-state index contributed by atoms with van der Waals surface area (Å²) in [5, 5.41) is 12.2. The molecule has 1 atom stereocenters. The van der Waals surface area contributed by atoms with Crippen LogP contribution in [0.1, 0.15) is 40.6 Å². The highest BCUT2D eigenvalue weighted by Crippen LogP contribution is 2.44. The van der Waals surface area contributed by atoms with Gasteiger partial charge in [-0.1, -0.05) is 91.0 Å². The van der Waals surface area contributed by atoms with Gasteiger partial charge in [-0.25, -0.2) is 4.79 Å². The summed E-state index contributed by atoms with van der Waals surface area (Å²) in [7, 11) is 0. The largest absolute Gasteiger partial charge is 0.489 e. The van der Waals surface area contributed by atoms with Crippen molar-refractivity contribution in [2.75, 3.05) is 6.61 Å². The molecule has 6 nitrogen and oxygen atoms in total. The van der Waals surface area contributed by atoms with Gasteiger partial charge < -0.3 is 19.9 Å². The van der Waals surface area contributed by atoms with Gasteiger partial charge in [-0.05, 0) is 45.5 Å². The van der Waals surface area contributed by atoms with Crippen molar-refractivity contribution >= 4 is 12.1 Å². The Bertz CT molecular complexity index is 1340. The number of amides is 1. The molecule has 0 saturated carbocycles. The summed E-state index contributed by atoms with van der Waals surface area (Å²) in [6.45, 7) is 0.586. The lowest BCUT2D eigenvalue weighted by molar-refractivity contribution is -0.137. The molecule has 0 aliphatic heterocycles. The first-order chi connectivity index (χ1) is 18.1. The molecule has 0 unspecified atom stereocenters. The number of hydrogen-bond donors (Lipinski definition) is 2. The van der Waals surface area contributed by atoms with Gasteiger partial charge in [0.1, 0.15) is 19.0 Å². The van der Waals surface area contributed by atoms with Crippen molar-refractivity contribution in [3.63, 3.8) is 0 Å². The highest BCUT2D eigenvalue weighted by molar-refractivity contribution is 5.79. The third-order valence-corrected chi connectivity index (χ3v) is 6.55. The lowest BCUT2D eigenvalue weighted by Gasteiger charge is -2.19. The summed E-state index contributed by atoms with van der Waals surface area (Å²) in [4.78, 5) is 24.3. The molecule has 1 aliphatic carbocycles. The smallest absolute Gasteiger partial charge is 0.407 e. The molecular formula is C31H27NO5. The van der Waals surface area contributed by atoms with Crippen molar-refractivity contribution < 1.29 is 24.2 Å². The summed E-state index contributed by atoms with van der Waals surface area (Å²) in [6, 6.07) is 32.4. The Labute approximate surface area is 215 Å². The van der Waals surface area contributed by atoms with E-state index in [-0.39, 0.29) is 18.9 Å². The minimum absolute atomic E-state index is 0.0721. The van der Waals surface area contributed by atoms with Gasteiger partial charge in [0.2, 0.25) is 0 Å². The van der Waals surface area contributed by atoms with Gasteiger partial charge >= 0.3 is 12.1 Å². The van der Waals surface area contributed by atoms with E-state index in [2.05, 4.69) is 29.6 Å². The maximum absolute atomic E-state index is 12.8. The number of aliphatic carboxylic acids is 1. The minimum Gasteiger partial charge on any atom is -0.489 e. The van der Waals surface area contributed by atoms with E-state index in [1.165, 1.54) is 0 Å². The van der Waals surface area contributed by atoms with Crippen LogP contribution in [-0.4, -0.2) is 23.8 Å². The molecule has 6 heteroatoms. The van der Waals surface area contributed by atoms with E-state index in [4.69, 9.17) is 9.47 Å². The number of benzene rings is 4. The first kappa shape index (κ1) is 24.1. The van der Waals surface area contributed by atoms with Crippen molar-refractivity contribution in [2.24, 2.45) is 0 Å². The third-order valence-electron chi connectivity index (χ3n) is 6.55. The van der Waals surface area contributed by atoms with Crippen LogP contribution in [0.3, 0.4) is 0 Å². The average Bonchev–Trinajstić information content (AvgIpc) is 3.25. The molecule has 1 amide bonds. The number of hydrogen-bond acceptors (Lipinski definition) is 4. The molecule has 2 N–H and O–H groups in total. The molecule has 37 heavy (non-hydrogen) atoms. The molecule has 186 valence electrons. The molecule has 0 spiro atoms. The molecule has 0 radical (unpaired) electrons. The topological polar surface area (TPSA) is 84.9 Å². The molecule has 4 aromatic carbocycles. The summed E-state index contributed by atoms with van der Waals surface area (Å²) in [5.74, 6) is -0.437. The Morgan fingerprint density at radius 1 is 0.784 bits per heavy atom. The van der Waals surface area contributed by atoms with Crippen LogP contribution in [0.5, 0.6) is 5.75 Å². The normalized spacial score (nSPS) is 12.8. The van der Waals surface area contributed by atoms with Gasteiger partial charge in [-0.15, -0.1) is 0 Å². The third kappa shape index (κ3) is 5.64. The van der Waals surface area contributed by atoms with E-state index in [1.807, 2.05) is 54.6 Å². The summed E-state index contributed by atoms with van der Waals surface area (Å²) in [5.41, 5.74) is 6.22. The fraction of sp³-hybridized carbons (Fsp3) is 0.161. The summed E-state index contributed by atoms with van der Waals surface area (Å²) >= 11 is 0. The van der Waals surface area contributed by atoms with Crippen molar-refractivity contribution in [2.45, 2.75) is 25.0 Å². The van der Waals surface area contributed by atoms with Crippen LogP contribution in [0, 0.1) is 0 Å². The zero-order valence-electron chi connectivity index (χ0n) is 20.2.